The summed E-state index contributed by atoms with van der Waals surface area (Å²) < 4.78 is 4.43. The van der Waals surface area contributed by atoms with E-state index in [1.807, 2.05) is 54.4 Å². The summed E-state index contributed by atoms with van der Waals surface area (Å²) in [4.78, 5) is 2.80. The molecular weight excluding hydrogens is 258 g/mol. The molecule has 0 unspecified atom stereocenters. The third-order valence-electron chi connectivity index (χ3n) is 2.89. The summed E-state index contributed by atoms with van der Waals surface area (Å²) in [5.41, 5.74) is 1.74. The number of hydrogen-bond acceptors (Lipinski definition) is 5. The molecule has 0 saturated heterocycles. The van der Waals surface area contributed by atoms with E-state index in [9.17, 15) is 5.11 Å². The maximum Gasteiger partial charge on any atom is 0.214 e. The van der Waals surface area contributed by atoms with Crippen LogP contribution in [0.3, 0.4) is 0 Å². The number of benzene rings is 2. The molecule has 0 bridgehead atoms. The van der Waals surface area contributed by atoms with Crippen molar-refractivity contribution >= 4 is 29.3 Å². The third kappa shape index (κ3) is 2.24. The van der Waals surface area contributed by atoms with Crippen molar-refractivity contribution in [1.82, 2.24) is 0 Å². The first-order chi connectivity index (χ1) is 9.25. The topological polar surface area (TPSA) is 47.9 Å². The number of para-hydroxylation sites is 2. The molecule has 2 aromatic carbocycles. The second-order valence-electron chi connectivity index (χ2n) is 4.18. The van der Waals surface area contributed by atoms with E-state index in [1.54, 1.807) is 6.07 Å². The van der Waals surface area contributed by atoms with Gasteiger partial charge in [-0.25, -0.2) is 0 Å². The van der Waals surface area contributed by atoms with Crippen LogP contribution in [0.25, 0.3) is 0 Å². The van der Waals surface area contributed by atoms with E-state index in [1.165, 1.54) is 11.9 Å². The first-order valence-corrected chi connectivity index (χ1v) is 6.66. The van der Waals surface area contributed by atoms with Gasteiger partial charge in [-0.1, -0.05) is 24.3 Å². The van der Waals surface area contributed by atoms with Crippen LogP contribution in [0.15, 0.2) is 57.8 Å². The van der Waals surface area contributed by atoms with Gasteiger partial charge in [0.25, 0.3) is 0 Å². The fraction of sp³-hybridized carbons (Fsp3) is 0.0714. The molecule has 5 heteroatoms. The van der Waals surface area contributed by atoms with Crippen molar-refractivity contribution in [3.63, 3.8) is 0 Å². The van der Waals surface area contributed by atoms with Gasteiger partial charge in [0.05, 0.1) is 4.90 Å². The van der Waals surface area contributed by atoms with E-state index >= 15 is 0 Å². The monoisotopic (exact) mass is 271 g/mol. The van der Waals surface area contributed by atoms with Crippen LogP contribution in [0.4, 0.5) is 11.4 Å². The van der Waals surface area contributed by atoms with Gasteiger partial charge in [-0.05, 0) is 24.3 Å². The molecule has 0 saturated carbocycles. The molecular formula is C14H13N3OS. The molecule has 0 fully saturated rings. The Morgan fingerprint density at radius 2 is 1.89 bits per heavy atom. The van der Waals surface area contributed by atoms with Gasteiger partial charge in [-0.3, -0.25) is 0 Å². The molecule has 2 N–H and O–H groups in total. The van der Waals surface area contributed by atoms with Crippen molar-refractivity contribution in [2.45, 2.75) is 4.90 Å². The fourth-order valence-electron chi connectivity index (χ4n) is 1.94. The predicted molar refractivity (Wildman–Crippen MR) is 79.9 cm³/mol. The van der Waals surface area contributed by atoms with Crippen molar-refractivity contribution in [3.05, 3.63) is 48.5 Å². The molecule has 1 aliphatic heterocycles. The second-order valence-corrected chi connectivity index (χ2v) is 4.99. The van der Waals surface area contributed by atoms with Crippen LogP contribution in [-0.2, 0) is 0 Å². The zero-order valence-electron chi connectivity index (χ0n) is 10.4. The second kappa shape index (κ2) is 4.85. The fourth-order valence-corrected chi connectivity index (χ4v) is 2.76. The van der Waals surface area contributed by atoms with Gasteiger partial charge in [0, 0.05) is 24.7 Å². The zero-order chi connectivity index (χ0) is 13.2. The van der Waals surface area contributed by atoms with E-state index in [2.05, 4.69) is 9.71 Å². The van der Waals surface area contributed by atoms with Gasteiger partial charge in [0.15, 0.2) is 0 Å². The van der Waals surface area contributed by atoms with Gasteiger partial charge in [-0.15, -0.1) is 0 Å². The summed E-state index contributed by atoms with van der Waals surface area (Å²) in [6.07, 6.45) is 0. The summed E-state index contributed by atoms with van der Waals surface area (Å²) in [6, 6.07) is 15.3. The van der Waals surface area contributed by atoms with Crippen molar-refractivity contribution in [2.24, 2.45) is 4.40 Å². The van der Waals surface area contributed by atoms with Crippen LogP contribution < -0.4 is 10.2 Å². The molecule has 1 heterocycles. The Morgan fingerprint density at radius 1 is 1.11 bits per heavy atom. The highest BCUT2D eigenvalue weighted by molar-refractivity contribution is 7.98. The maximum atomic E-state index is 9.97. The number of rotatable bonds is 1. The molecule has 96 valence electrons. The van der Waals surface area contributed by atoms with Crippen LogP contribution in [0.1, 0.15) is 0 Å². The van der Waals surface area contributed by atoms with E-state index in [0.717, 1.165) is 16.3 Å². The number of aromatic hydroxyl groups is 1. The van der Waals surface area contributed by atoms with Gasteiger partial charge in [-0.2, -0.15) is 4.40 Å². The summed E-state index contributed by atoms with van der Waals surface area (Å²) in [5, 5.41) is 13.2. The predicted octanol–water partition coefficient (Wildman–Crippen LogP) is 3.32. The van der Waals surface area contributed by atoms with Crippen molar-refractivity contribution in [3.8, 4) is 5.75 Å². The molecule has 0 radical (unpaired) electrons. The number of nitrogens with zero attached hydrogens (tertiary/aromatic N) is 2. The first-order valence-electron chi connectivity index (χ1n) is 5.88. The number of phenols is 1. The highest BCUT2D eigenvalue weighted by Crippen LogP contribution is 2.40. The number of guanidine groups is 1. The highest BCUT2D eigenvalue weighted by Gasteiger charge is 2.21. The van der Waals surface area contributed by atoms with Crippen molar-refractivity contribution in [1.29, 1.82) is 0 Å². The first kappa shape index (κ1) is 11.9. The van der Waals surface area contributed by atoms with Crippen LogP contribution in [-0.4, -0.2) is 18.1 Å². The highest BCUT2D eigenvalue weighted by atomic mass is 32.2. The van der Waals surface area contributed by atoms with Crippen LogP contribution in [0, 0.1) is 0 Å². The van der Waals surface area contributed by atoms with E-state index in [-0.39, 0.29) is 5.75 Å². The largest absolute Gasteiger partial charge is 0.506 e. The number of fused-ring (bicyclic) bond motifs is 1. The third-order valence-corrected chi connectivity index (χ3v) is 3.68. The summed E-state index contributed by atoms with van der Waals surface area (Å²) in [7, 11) is 1.88. The van der Waals surface area contributed by atoms with Crippen molar-refractivity contribution in [2.75, 3.05) is 17.3 Å². The minimum absolute atomic E-state index is 0.259. The lowest BCUT2D eigenvalue weighted by Crippen LogP contribution is -2.34. The van der Waals surface area contributed by atoms with Crippen molar-refractivity contribution < 1.29 is 5.11 Å². The maximum absolute atomic E-state index is 9.97. The molecule has 2 aromatic rings. The average Bonchev–Trinajstić information content (AvgIpc) is 2.43. The standard InChI is InChI=1S/C14H13N3OS/c1-17-13-11(18)8-5-9-12(13)19-16-14(17)15-10-6-3-2-4-7-10/h2-9,18H,1H3,(H,15,16). The number of hydrogen-bond donors (Lipinski definition) is 2. The SMILES string of the molecule is CN1C(Nc2ccccc2)=NSc2cccc(O)c21. The Balaban J connectivity index is 1.90. The van der Waals surface area contributed by atoms with E-state index in [0.29, 0.717) is 5.96 Å². The van der Waals surface area contributed by atoms with Crippen LogP contribution in [0.2, 0.25) is 0 Å². The lowest BCUT2D eigenvalue weighted by Gasteiger charge is -2.27. The molecule has 4 nitrogen and oxygen atoms in total. The summed E-state index contributed by atoms with van der Waals surface area (Å²) >= 11 is 1.36. The minimum Gasteiger partial charge on any atom is -0.506 e. The smallest absolute Gasteiger partial charge is 0.214 e. The molecule has 0 atom stereocenters. The molecule has 1 aliphatic rings. The molecule has 3 rings (SSSR count). The number of nitrogens with one attached hydrogen (secondary N) is 1. The Labute approximate surface area is 115 Å². The normalized spacial score (nSPS) is 13.7. The molecule has 0 aromatic heterocycles. The Morgan fingerprint density at radius 3 is 2.68 bits per heavy atom. The van der Waals surface area contributed by atoms with Gasteiger partial charge in [0.2, 0.25) is 5.96 Å². The minimum atomic E-state index is 0.259. The average molecular weight is 271 g/mol. The molecule has 0 aliphatic carbocycles. The van der Waals surface area contributed by atoms with Crippen LogP contribution in [0.5, 0.6) is 5.75 Å². The summed E-state index contributed by atoms with van der Waals surface area (Å²) in [5.74, 6) is 0.958. The number of phenolic OH excluding ortho intramolecular Hbond substituents is 1. The van der Waals surface area contributed by atoms with Gasteiger partial charge < -0.3 is 15.3 Å². The molecule has 19 heavy (non-hydrogen) atoms. The van der Waals surface area contributed by atoms with E-state index in [4.69, 9.17) is 0 Å². The van der Waals surface area contributed by atoms with Gasteiger partial charge >= 0.3 is 0 Å². The Kier molecular flexibility index (Phi) is 3.05. The van der Waals surface area contributed by atoms with E-state index < -0.39 is 0 Å². The summed E-state index contributed by atoms with van der Waals surface area (Å²) in [6.45, 7) is 0. The van der Waals surface area contributed by atoms with Gasteiger partial charge in [0.1, 0.15) is 11.4 Å². The quantitative estimate of drug-likeness (QED) is 0.781. The number of anilines is 2. The molecule has 0 amide bonds. The Bertz CT molecular complexity index is 628. The zero-order valence-corrected chi connectivity index (χ0v) is 11.2. The lowest BCUT2D eigenvalue weighted by molar-refractivity contribution is 0.475. The lowest BCUT2D eigenvalue weighted by atomic mass is 10.2. The van der Waals surface area contributed by atoms with Crippen LogP contribution >= 0.6 is 11.9 Å². The molecule has 0 spiro atoms. The Hall–Kier alpha value is -2.14.